The average Bonchev–Trinajstić information content (AvgIpc) is 2.65. The molecule has 25 heavy (non-hydrogen) atoms. The molecule has 1 aromatic carbocycles. The van der Waals surface area contributed by atoms with E-state index in [1.807, 2.05) is 36.4 Å². The summed E-state index contributed by atoms with van der Waals surface area (Å²) in [5.41, 5.74) is 1.17. The van der Waals surface area contributed by atoms with Crippen LogP contribution in [-0.4, -0.2) is 30.3 Å². The van der Waals surface area contributed by atoms with Gasteiger partial charge in [-0.25, -0.2) is 9.59 Å². The van der Waals surface area contributed by atoms with Crippen molar-refractivity contribution in [3.8, 4) is 0 Å². The van der Waals surface area contributed by atoms with Gasteiger partial charge in [0.05, 0.1) is 0 Å². The van der Waals surface area contributed by atoms with Crippen molar-refractivity contribution in [3.05, 3.63) is 92.8 Å². The van der Waals surface area contributed by atoms with E-state index in [1.165, 1.54) is 17.7 Å². The lowest BCUT2D eigenvalue weighted by Gasteiger charge is -1.96. The second-order valence-electron chi connectivity index (χ2n) is 4.07. The van der Waals surface area contributed by atoms with E-state index >= 15 is 0 Å². The number of ether oxygens (including phenoxy) is 2. The second-order valence-corrected chi connectivity index (χ2v) is 4.07. The molecule has 0 aromatic heterocycles. The first-order chi connectivity index (χ1) is 11.9. The summed E-state index contributed by atoms with van der Waals surface area (Å²) in [6.07, 6.45) is 5.85. The van der Waals surface area contributed by atoms with Gasteiger partial charge in [-0.3, -0.25) is 0 Å². The molecule has 5 heteroatoms. The number of hydrogen-bond donors (Lipinski definition) is 1. The van der Waals surface area contributed by atoms with Crippen LogP contribution in [0.25, 0.3) is 6.08 Å². The SMILES string of the molecule is C=CCOC(=O)C(=C)O.C=CCOC(=O)C=C.C=Cc1ccccc1. The van der Waals surface area contributed by atoms with Crippen molar-refractivity contribution in [2.75, 3.05) is 13.2 Å². The molecule has 134 valence electrons. The first-order valence-electron chi connectivity index (χ1n) is 7.16. The first kappa shape index (κ1) is 23.9. The summed E-state index contributed by atoms with van der Waals surface area (Å²) >= 11 is 0. The van der Waals surface area contributed by atoms with Gasteiger partial charge in [-0.05, 0) is 12.1 Å². The van der Waals surface area contributed by atoms with Gasteiger partial charge < -0.3 is 14.6 Å². The smallest absolute Gasteiger partial charge is 0.373 e. The minimum atomic E-state index is -0.810. The maximum Gasteiger partial charge on any atom is 0.373 e. The van der Waals surface area contributed by atoms with Crippen LogP contribution in [0, 0.1) is 0 Å². The molecule has 0 aliphatic rings. The molecule has 0 heterocycles. The van der Waals surface area contributed by atoms with Crippen LogP contribution in [0.4, 0.5) is 0 Å². The van der Waals surface area contributed by atoms with E-state index in [0.29, 0.717) is 0 Å². The maximum atomic E-state index is 10.3. The lowest BCUT2D eigenvalue weighted by molar-refractivity contribution is -0.140. The molecule has 5 nitrogen and oxygen atoms in total. The van der Waals surface area contributed by atoms with Gasteiger partial charge in [0.2, 0.25) is 0 Å². The second kappa shape index (κ2) is 17.0. The summed E-state index contributed by atoms with van der Waals surface area (Å²) in [6, 6.07) is 10.0. The third-order valence-electron chi connectivity index (χ3n) is 2.11. The summed E-state index contributed by atoms with van der Waals surface area (Å²) in [7, 11) is 0. The van der Waals surface area contributed by atoms with E-state index in [2.05, 4.69) is 42.4 Å². The number of benzene rings is 1. The third kappa shape index (κ3) is 16.9. The molecule has 0 saturated carbocycles. The predicted molar refractivity (Wildman–Crippen MR) is 101 cm³/mol. The fraction of sp³-hybridized carbons (Fsp3) is 0.100. The predicted octanol–water partition coefficient (Wildman–Crippen LogP) is 4.02. The molecule has 1 N–H and O–H groups in total. The Morgan fingerprint density at radius 2 is 1.48 bits per heavy atom. The molecule has 0 aliphatic carbocycles. The normalized spacial score (nSPS) is 8.00. The minimum Gasteiger partial charge on any atom is -0.502 e. The van der Waals surface area contributed by atoms with E-state index in [9.17, 15) is 9.59 Å². The van der Waals surface area contributed by atoms with Gasteiger partial charge >= 0.3 is 11.9 Å². The largest absolute Gasteiger partial charge is 0.502 e. The van der Waals surface area contributed by atoms with Crippen molar-refractivity contribution in [2.45, 2.75) is 0 Å². The standard InChI is InChI=1S/C8H8.C6H8O3.C6H8O2/c1-2-8-6-4-3-5-7-8;1-3-4-9-6(8)5(2)7;1-3-5-8-6(7)4-2/h2-7H,1H2;3,7H,1-2,4H2;3-4H,1-2,5H2. The summed E-state index contributed by atoms with van der Waals surface area (Å²) in [6.45, 7) is 16.8. The average molecular weight is 344 g/mol. The number of rotatable bonds is 7. The van der Waals surface area contributed by atoms with Crippen LogP contribution in [0.1, 0.15) is 5.56 Å². The fourth-order valence-corrected chi connectivity index (χ4v) is 1.01. The highest BCUT2D eigenvalue weighted by atomic mass is 16.5. The van der Waals surface area contributed by atoms with Gasteiger partial charge in [0, 0.05) is 6.08 Å². The van der Waals surface area contributed by atoms with Gasteiger partial charge in [-0.2, -0.15) is 0 Å². The zero-order chi connectivity index (χ0) is 19.5. The molecule has 0 radical (unpaired) electrons. The molecule has 0 spiro atoms. The van der Waals surface area contributed by atoms with Crippen LogP contribution in [0.5, 0.6) is 0 Å². The number of aliphatic hydroxyl groups excluding tert-OH is 1. The van der Waals surface area contributed by atoms with Gasteiger partial charge in [0.15, 0.2) is 5.76 Å². The Kier molecular flexibility index (Phi) is 16.3. The highest BCUT2D eigenvalue weighted by Crippen LogP contribution is 1.97. The summed E-state index contributed by atoms with van der Waals surface area (Å²) in [4.78, 5) is 20.5. The Morgan fingerprint density at radius 1 is 0.960 bits per heavy atom. The highest BCUT2D eigenvalue weighted by molar-refractivity contribution is 5.84. The molecule has 0 saturated heterocycles. The Labute approximate surface area is 148 Å². The van der Waals surface area contributed by atoms with Crippen LogP contribution in [0.2, 0.25) is 0 Å². The Bertz CT molecular complexity index is 573. The summed E-state index contributed by atoms with van der Waals surface area (Å²) in [5.74, 6) is -1.81. The maximum absolute atomic E-state index is 10.3. The fourth-order valence-electron chi connectivity index (χ4n) is 1.01. The van der Waals surface area contributed by atoms with Crippen molar-refractivity contribution in [1.82, 2.24) is 0 Å². The van der Waals surface area contributed by atoms with Crippen molar-refractivity contribution < 1.29 is 24.2 Å². The summed E-state index contributed by atoms with van der Waals surface area (Å²) in [5, 5.41) is 8.34. The summed E-state index contributed by atoms with van der Waals surface area (Å²) < 4.78 is 8.81. The monoisotopic (exact) mass is 344 g/mol. The van der Waals surface area contributed by atoms with E-state index in [-0.39, 0.29) is 13.2 Å². The Balaban J connectivity index is 0. The van der Waals surface area contributed by atoms with E-state index in [4.69, 9.17) is 5.11 Å². The van der Waals surface area contributed by atoms with E-state index in [1.54, 1.807) is 0 Å². The third-order valence-corrected chi connectivity index (χ3v) is 2.11. The van der Waals surface area contributed by atoms with Crippen LogP contribution in [-0.2, 0) is 19.1 Å². The highest BCUT2D eigenvalue weighted by Gasteiger charge is 2.02. The molecule has 0 aliphatic heterocycles. The van der Waals surface area contributed by atoms with Gasteiger partial charge in [-0.1, -0.05) is 74.9 Å². The van der Waals surface area contributed by atoms with Crippen LogP contribution in [0.3, 0.4) is 0 Å². The topological polar surface area (TPSA) is 72.8 Å². The van der Waals surface area contributed by atoms with E-state index in [0.717, 1.165) is 6.08 Å². The van der Waals surface area contributed by atoms with Crippen molar-refractivity contribution >= 4 is 18.0 Å². The molecule has 1 rings (SSSR count). The molecule has 1 aromatic rings. The zero-order valence-corrected chi connectivity index (χ0v) is 14.2. The zero-order valence-electron chi connectivity index (χ0n) is 14.2. The number of hydrogen-bond acceptors (Lipinski definition) is 5. The van der Waals surface area contributed by atoms with Crippen LogP contribution >= 0.6 is 0 Å². The quantitative estimate of drug-likeness (QED) is 0.350. The molecular formula is C20H24O5. The van der Waals surface area contributed by atoms with Crippen molar-refractivity contribution in [2.24, 2.45) is 0 Å². The van der Waals surface area contributed by atoms with Gasteiger partial charge in [0.1, 0.15) is 13.2 Å². The molecule has 0 fully saturated rings. The Morgan fingerprint density at radius 3 is 1.84 bits per heavy atom. The number of esters is 2. The Hall–Kier alpha value is -3.34. The van der Waals surface area contributed by atoms with Gasteiger partial charge in [-0.15, -0.1) is 0 Å². The molecular weight excluding hydrogens is 320 g/mol. The molecule has 0 amide bonds. The number of aliphatic hydroxyl groups is 1. The number of carbonyl (C=O) groups excluding carboxylic acids is 2. The molecule has 0 unspecified atom stereocenters. The minimum absolute atomic E-state index is 0.0956. The first-order valence-corrected chi connectivity index (χ1v) is 7.16. The molecule has 0 bridgehead atoms. The lowest BCUT2D eigenvalue weighted by Crippen LogP contribution is -2.05. The van der Waals surface area contributed by atoms with Crippen molar-refractivity contribution in [3.63, 3.8) is 0 Å². The van der Waals surface area contributed by atoms with Gasteiger partial charge in [0.25, 0.3) is 0 Å². The molecule has 0 atom stereocenters. The van der Waals surface area contributed by atoms with Crippen molar-refractivity contribution in [1.29, 1.82) is 0 Å². The lowest BCUT2D eigenvalue weighted by atomic mass is 10.2. The number of carbonyl (C=O) groups is 2. The van der Waals surface area contributed by atoms with Crippen LogP contribution in [0.15, 0.2) is 87.2 Å². The van der Waals surface area contributed by atoms with Crippen LogP contribution < -0.4 is 0 Å². The van der Waals surface area contributed by atoms with E-state index < -0.39 is 17.7 Å².